The van der Waals surface area contributed by atoms with Gasteiger partial charge in [0.25, 0.3) is 5.78 Å². The Labute approximate surface area is 257 Å². The number of carbonyl (C=O) groups excluding carboxylic acids is 2. The highest BCUT2D eigenvalue weighted by molar-refractivity contribution is 7.22. The number of nitrogens with zero attached hydrogens (tertiary/aromatic N) is 2. The van der Waals surface area contributed by atoms with Gasteiger partial charge in [-0.25, -0.2) is 4.98 Å². The summed E-state index contributed by atoms with van der Waals surface area (Å²) in [5, 5.41) is 12.0. The van der Waals surface area contributed by atoms with Crippen LogP contribution >= 0.6 is 11.3 Å². The fourth-order valence-corrected chi connectivity index (χ4v) is 6.73. The lowest BCUT2D eigenvalue weighted by atomic mass is 9.94. The predicted molar refractivity (Wildman–Crippen MR) is 168 cm³/mol. The molecule has 3 heterocycles. The number of rotatable bonds is 7. The van der Waals surface area contributed by atoms with Crippen molar-refractivity contribution in [2.24, 2.45) is 0 Å². The Kier molecular flexibility index (Phi) is 7.02. The topological polar surface area (TPSA) is 98.2 Å². The van der Waals surface area contributed by atoms with Crippen molar-refractivity contribution in [1.29, 1.82) is 0 Å². The molecule has 0 aliphatic carbocycles. The van der Waals surface area contributed by atoms with E-state index in [1.165, 1.54) is 16.2 Å². The molecule has 7 rings (SSSR count). The summed E-state index contributed by atoms with van der Waals surface area (Å²) in [5.41, 5.74) is 3.63. The molecule has 0 saturated carbocycles. The summed E-state index contributed by atoms with van der Waals surface area (Å²) >= 11 is 1.28. The van der Waals surface area contributed by atoms with Crippen LogP contribution in [0.2, 0.25) is 0 Å². The molecule has 1 fully saturated rings. The van der Waals surface area contributed by atoms with Gasteiger partial charge < -0.3 is 19.3 Å². The molecule has 2 atom stereocenters. The Bertz CT molecular complexity index is 1950. The van der Waals surface area contributed by atoms with Crippen molar-refractivity contribution >= 4 is 44.1 Å². The van der Waals surface area contributed by atoms with Crippen molar-refractivity contribution < 1.29 is 28.9 Å². The number of ketones is 1. The number of thiazole rings is 1. The Morgan fingerprint density at radius 3 is 2.66 bits per heavy atom. The first kappa shape index (κ1) is 27.7. The van der Waals surface area contributed by atoms with Gasteiger partial charge >= 0.3 is 5.91 Å². The normalized spacial score (nSPS) is 18.8. The van der Waals surface area contributed by atoms with Gasteiger partial charge in [0.1, 0.15) is 35.7 Å². The summed E-state index contributed by atoms with van der Waals surface area (Å²) in [6.45, 7) is 2.32. The number of amides is 1. The van der Waals surface area contributed by atoms with Gasteiger partial charge in [-0.2, -0.15) is 0 Å². The van der Waals surface area contributed by atoms with E-state index in [9.17, 15) is 14.7 Å². The first-order valence-corrected chi connectivity index (χ1v) is 15.0. The van der Waals surface area contributed by atoms with Crippen LogP contribution in [0.5, 0.6) is 17.2 Å². The predicted octanol–water partition coefficient (Wildman–Crippen LogP) is 6.83. The average Bonchev–Trinajstić information content (AvgIpc) is 3.71. The second-order valence-corrected chi connectivity index (χ2v) is 11.8. The molecular formula is C35H28N2O6S. The van der Waals surface area contributed by atoms with Crippen LogP contribution in [0.4, 0.5) is 5.13 Å². The molecule has 2 aliphatic heterocycles. The minimum absolute atomic E-state index is 0.0149. The van der Waals surface area contributed by atoms with Crippen LogP contribution in [0.1, 0.15) is 35.2 Å². The zero-order chi connectivity index (χ0) is 30.4. The van der Waals surface area contributed by atoms with Crippen LogP contribution in [0.25, 0.3) is 16.0 Å². The summed E-state index contributed by atoms with van der Waals surface area (Å²) in [4.78, 5) is 33.6. The van der Waals surface area contributed by atoms with Gasteiger partial charge in [-0.15, -0.1) is 0 Å². The molecule has 44 heavy (non-hydrogen) atoms. The molecule has 4 aromatic carbocycles. The number of ether oxygens (including phenoxy) is 3. The third-order valence-electron chi connectivity index (χ3n) is 7.83. The maximum absolute atomic E-state index is 13.8. The molecule has 1 saturated heterocycles. The van der Waals surface area contributed by atoms with E-state index in [1.807, 2.05) is 73.7 Å². The Balaban J connectivity index is 1.34. The van der Waals surface area contributed by atoms with Crippen molar-refractivity contribution in [3.05, 3.63) is 119 Å². The maximum atomic E-state index is 13.8. The van der Waals surface area contributed by atoms with Crippen LogP contribution in [0.3, 0.4) is 0 Å². The number of benzene rings is 4. The standard InChI is InChI=1S/C35H28N2O6S/c1-20-15-24-16-23(11-14-28(24)43-20)32(38)30-31(22-9-6-10-26(17-22)42-19-21-7-4-3-5-8-21)37(34(40)33(30)39)35-36-27-13-12-25(41-2)18-29(27)44-35/h3-14,16-18,20,31,38H,15,19H2,1-2H3/t20-,31-/m0/s1. The smallest absolute Gasteiger partial charge is 0.301 e. The molecule has 1 amide bonds. The van der Waals surface area contributed by atoms with E-state index in [1.54, 1.807) is 31.4 Å². The Hall–Kier alpha value is -5.15. The van der Waals surface area contributed by atoms with E-state index in [4.69, 9.17) is 19.2 Å². The fourth-order valence-electron chi connectivity index (χ4n) is 5.71. The summed E-state index contributed by atoms with van der Waals surface area (Å²) in [5.74, 6) is 0.163. The van der Waals surface area contributed by atoms with Crippen LogP contribution in [-0.2, 0) is 22.6 Å². The molecule has 8 nitrogen and oxygen atoms in total. The molecule has 1 aromatic heterocycles. The van der Waals surface area contributed by atoms with Crippen molar-refractivity contribution in [3.8, 4) is 17.2 Å². The second-order valence-electron chi connectivity index (χ2n) is 10.8. The van der Waals surface area contributed by atoms with Crippen LogP contribution in [0, 0.1) is 0 Å². The van der Waals surface area contributed by atoms with Gasteiger partial charge in [0, 0.05) is 12.0 Å². The minimum Gasteiger partial charge on any atom is -0.507 e. The number of fused-ring (bicyclic) bond motifs is 2. The molecule has 1 N–H and O–H groups in total. The highest BCUT2D eigenvalue weighted by Crippen LogP contribution is 2.45. The lowest BCUT2D eigenvalue weighted by Crippen LogP contribution is -2.29. The van der Waals surface area contributed by atoms with Gasteiger partial charge in [0.15, 0.2) is 5.13 Å². The number of hydrogen-bond acceptors (Lipinski definition) is 8. The van der Waals surface area contributed by atoms with E-state index in [0.29, 0.717) is 46.3 Å². The highest BCUT2D eigenvalue weighted by Gasteiger charge is 2.48. The Morgan fingerprint density at radius 1 is 1.00 bits per heavy atom. The lowest BCUT2D eigenvalue weighted by molar-refractivity contribution is -0.132. The third-order valence-corrected chi connectivity index (χ3v) is 8.84. The maximum Gasteiger partial charge on any atom is 0.301 e. The summed E-state index contributed by atoms with van der Waals surface area (Å²) in [6, 6.07) is 26.9. The van der Waals surface area contributed by atoms with Crippen molar-refractivity contribution in [2.75, 3.05) is 12.0 Å². The van der Waals surface area contributed by atoms with Gasteiger partial charge in [-0.05, 0) is 72.1 Å². The van der Waals surface area contributed by atoms with Gasteiger partial charge in [0.2, 0.25) is 0 Å². The third kappa shape index (κ3) is 4.95. The SMILES string of the molecule is COc1ccc2nc(N3C(=O)C(=O)C(=C(O)c4ccc5c(c4)C[C@H](C)O5)[C@@H]3c3cccc(OCc4ccccc4)c3)sc2c1. The number of aromatic nitrogens is 1. The molecule has 0 bridgehead atoms. The van der Waals surface area contributed by atoms with Gasteiger partial charge in [-0.1, -0.05) is 53.8 Å². The van der Waals surface area contributed by atoms with Crippen molar-refractivity contribution in [1.82, 2.24) is 4.98 Å². The van der Waals surface area contributed by atoms with Crippen LogP contribution in [0.15, 0.2) is 96.6 Å². The monoisotopic (exact) mass is 604 g/mol. The van der Waals surface area contributed by atoms with E-state index < -0.39 is 17.7 Å². The first-order chi connectivity index (χ1) is 21.4. The summed E-state index contributed by atoms with van der Waals surface area (Å²) in [6.07, 6.45) is 0.703. The van der Waals surface area contributed by atoms with Crippen LogP contribution < -0.4 is 19.1 Å². The number of methoxy groups -OCH3 is 1. The van der Waals surface area contributed by atoms with Gasteiger partial charge in [0.05, 0.1) is 28.9 Å². The number of anilines is 1. The number of Topliss-reactive ketones (excluding diaryl/α,β-unsaturated/α-hetero) is 1. The largest absolute Gasteiger partial charge is 0.507 e. The molecule has 220 valence electrons. The van der Waals surface area contributed by atoms with Crippen molar-refractivity contribution in [2.45, 2.75) is 32.1 Å². The number of aliphatic hydroxyl groups excluding tert-OH is 1. The van der Waals surface area contributed by atoms with Gasteiger partial charge in [-0.3, -0.25) is 14.5 Å². The summed E-state index contributed by atoms with van der Waals surface area (Å²) in [7, 11) is 1.58. The molecular weight excluding hydrogens is 576 g/mol. The molecule has 0 unspecified atom stereocenters. The Morgan fingerprint density at radius 2 is 1.84 bits per heavy atom. The molecule has 9 heteroatoms. The lowest BCUT2D eigenvalue weighted by Gasteiger charge is -2.23. The number of hydrogen-bond donors (Lipinski definition) is 1. The number of aliphatic hydroxyl groups is 1. The summed E-state index contributed by atoms with van der Waals surface area (Å²) < 4.78 is 18.1. The van der Waals surface area contributed by atoms with E-state index in [0.717, 1.165) is 21.6 Å². The molecule has 2 aliphatic rings. The van der Waals surface area contributed by atoms with E-state index >= 15 is 0 Å². The second kappa shape index (κ2) is 11.2. The van der Waals surface area contributed by atoms with Crippen molar-refractivity contribution in [3.63, 3.8) is 0 Å². The minimum atomic E-state index is -0.943. The first-order valence-electron chi connectivity index (χ1n) is 14.2. The highest BCUT2D eigenvalue weighted by atomic mass is 32.1. The zero-order valence-electron chi connectivity index (χ0n) is 24.0. The molecule has 5 aromatic rings. The van der Waals surface area contributed by atoms with E-state index in [2.05, 4.69) is 0 Å². The van der Waals surface area contributed by atoms with E-state index in [-0.39, 0.29) is 17.4 Å². The number of carbonyl (C=O) groups is 2. The average molecular weight is 605 g/mol. The zero-order valence-corrected chi connectivity index (χ0v) is 24.8. The molecule has 0 spiro atoms. The molecule has 0 radical (unpaired) electrons. The quantitative estimate of drug-likeness (QED) is 0.123. The van der Waals surface area contributed by atoms with Crippen LogP contribution in [-0.4, -0.2) is 35.0 Å². The fraction of sp³-hybridized carbons (Fsp3) is 0.171.